The summed E-state index contributed by atoms with van der Waals surface area (Å²) in [5.41, 5.74) is -0.955. The third-order valence-corrected chi connectivity index (χ3v) is 5.46. The number of carbonyl (C=O) groups is 1. The van der Waals surface area contributed by atoms with E-state index >= 15 is 0 Å². The first-order chi connectivity index (χ1) is 17.5. The van der Waals surface area contributed by atoms with Gasteiger partial charge in [-0.05, 0) is 17.7 Å². The highest BCUT2D eigenvalue weighted by atomic mass is 35.5. The van der Waals surface area contributed by atoms with Gasteiger partial charge in [0.15, 0.2) is 12.3 Å². The van der Waals surface area contributed by atoms with Crippen LogP contribution in [-0.4, -0.2) is 38.9 Å². The van der Waals surface area contributed by atoms with Crippen LogP contribution in [0.2, 0.25) is 10.0 Å². The minimum absolute atomic E-state index is 0.00738. The number of ether oxygens (including phenoxy) is 1. The summed E-state index contributed by atoms with van der Waals surface area (Å²) >= 11 is 12.2. The molecule has 0 aliphatic carbocycles. The highest BCUT2D eigenvalue weighted by Crippen LogP contribution is 2.33. The fourth-order valence-electron chi connectivity index (χ4n) is 3.27. The number of rotatable bonds is 8. The first kappa shape index (κ1) is 26.4. The van der Waals surface area contributed by atoms with Crippen LogP contribution in [-0.2, 0) is 12.7 Å². The average molecular weight is 561 g/mol. The van der Waals surface area contributed by atoms with Crippen LogP contribution in [0.15, 0.2) is 42.7 Å². The number of nitrogens with zero attached hydrogens (tertiary/aromatic N) is 3. The van der Waals surface area contributed by atoms with E-state index in [2.05, 4.69) is 30.6 Å². The molecule has 4 aromatic rings. The predicted octanol–water partition coefficient (Wildman–Crippen LogP) is 6.00. The fourth-order valence-corrected chi connectivity index (χ4v) is 3.73. The van der Waals surface area contributed by atoms with Gasteiger partial charge < -0.3 is 20.4 Å². The van der Waals surface area contributed by atoms with Gasteiger partial charge in [0.2, 0.25) is 11.8 Å². The Hall–Kier alpha value is -3.71. The van der Waals surface area contributed by atoms with Crippen molar-refractivity contribution >= 4 is 51.9 Å². The number of imidazole rings is 1. The molecule has 0 spiro atoms. The van der Waals surface area contributed by atoms with Gasteiger partial charge in [0.25, 0.3) is 12.3 Å². The number of hydrogen-bond acceptors (Lipinski definition) is 6. The molecule has 8 nitrogen and oxygen atoms in total. The largest absolute Gasteiger partial charge is 0.471 e. The van der Waals surface area contributed by atoms with Crippen LogP contribution in [0.3, 0.4) is 0 Å². The SMILES string of the molecule is O=C(NCc1ccccc1C(F)(F)F)c1cc2[nH]c(Nc3c(Cl)cncc3Cl)nc2nc1OCC(F)F. The van der Waals surface area contributed by atoms with Crippen LogP contribution >= 0.6 is 23.2 Å². The van der Waals surface area contributed by atoms with E-state index in [4.69, 9.17) is 27.9 Å². The number of anilines is 2. The number of fused-ring (bicyclic) bond motifs is 1. The molecule has 0 saturated heterocycles. The summed E-state index contributed by atoms with van der Waals surface area (Å²) in [5, 5.41) is 5.54. The zero-order valence-electron chi connectivity index (χ0n) is 18.3. The number of benzene rings is 1. The number of aromatic nitrogens is 4. The number of halogens is 7. The van der Waals surface area contributed by atoms with E-state index in [-0.39, 0.29) is 44.0 Å². The number of carbonyl (C=O) groups excluding carboxylic acids is 1. The van der Waals surface area contributed by atoms with Gasteiger partial charge in [-0.15, -0.1) is 0 Å². The summed E-state index contributed by atoms with van der Waals surface area (Å²) in [5.74, 6) is -1.29. The second-order valence-electron chi connectivity index (χ2n) is 7.44. The predicted molar refractivity (Wildman–Crippen MR) is 126 cm³/mol. The number of amides is 1. The summed E-state index contributed by atoms with van der Waals surface area (Å²) < 4.78 is 70.4. The summed E-state index contributed by atoms with van der Waals surface area (Å²) in [4.78, 5) is 27.8. The van der Waals surface area contributed by atoms with Crippen molar-refractivity contribution in [2.75, 3.05) is 11.9 Å². The number of nitrogens with one attached hydrogen (secondary N) is 3. The molecule has 0 unspecified atom stereocenters. The Morgan fingerprint density at radius 3 is 2.49 bits per heavy atom. The van der Waals surface area contributed by atoms with Gasteiger partial charge >= 0.3 is 6.18 Å². The van der Waals surface area contributed by atoms with Crippen molar-refractivity contribution < 1.29 is 31.5 Å². The highest BCUT2D eigenvalue weighted by molar-refractivity contribution is 6.39. The van der Waals surface area contributed by atoms with E-state index in [1.807, 2.05) is 0 Å². The summed E-state index contributed by atoms with van der Waals surface area (Å²) in [7, 11) is 0. The van der Waals surface area contributed by atoms with Crippen molar-refractivity contribution in [3.8, 4) is 5.88 Å². The fraction of sp³-hybridized carbons (Fsp3) is 0.182. The number of H-pyrrole nitrogens is 1. The molecule has 1 amide bonds. The van der Waals surface area contributed by atoms with E-state index in [9.17, 15) is 26.7 Å². The molecule has 0 aliphatic heterocycles. The lowest BCUT2D eigenvalue weighted by Gasteiger charge is -2.14. The van der Waals surface area contributed by atoms with Crippen molar-refractivity contribution in [1.29, 1.82) is 0 Å². The molecular weight excluding hydrogens is 546 g/mol. The molecule has 1 aromatic carbocycles. The van der Waals surface area contributed by atoms with Crippen LogP contribution in [0.1, 0.15) is 21.5 Å². The van der Waals surface area contributed by atoms with Gasteiger partial charge in [0, 0.05) is 18.9 Å². The van der Waals surface area contributed by atoms with Crippen molar-refractivity contribution in [1.82, 2.24) is 25.3 Å². The first-order valence-corrected chi connectivity index (χ1v) is 11.1. The molecule has 0 radical (unpaired) electrons. The molecule has 3 N–H and O–H groups in total. The molecule has 3 heterocycles. The van der Waals surface area contributed by atoms with E-state index in [1.54, 1.807) is 0 Å². The molecule has 0 aliphatic rings. The topological polar surface area (TPSA) is 105 Å². The van der Waals surface area contributed by atoms with Gasteiger partial charge in [-0.3, -0.25) is 9.78 Å². The minimum atomic E-state index is -4.63. The van der Waals surface area contributed by atoms with Gasteiger partial charge in [0.05, 0.1) is 26.8 Å². The maximum Gasteiger partial charge on any atom is 0.416 e. The molecule has 3 aromatic heterocycles. The van der Waals surface area contributed by atoms with Crippen LogP contribution in [0.5, 0.6) is 5.88 Å². The molecular formula is C22H15Cl2F5N6O2. The average Bonchev–Trinajstić information content (AvgIpc) is 3.24. The standard InChI is InChI=1S/C22H15Cl2F5N6O2/c23-13-7-30-8-14(24)17(13)33-21-32-15-5-11(20(34-18(15)35-21)37-9-16(25)26)19(36)31-6-10-3-1-2-4-12(10)22(27,28)29/h1-5,7-8,16H,6,9H2,(H,31,36)(H2,30,32,33,34,35). The van der Waals surface area contributed by atoms with Gasteiger partial charge in [0.1, 0.15) is 5.56 Å². The molecule has 37 heavy (non-hydrogen) atoms. The summed E-state index contributed by atoms with van der Waals surface area (Å²) in [6.45, 7) is -1.57. The van der Waals surface area contributed by atoms with Gasteiger partial charge in [-0.2, -0.15) is 23.1 Å². The van der Waals surface area contributed by atoms with Crippen LogP contribution < -0.4 is 15.4 Å². The van der Waals surface area contributed by atoms with Crippen molar-refractivity contribution in [3.63, 3.8) is 0 Å². The minimum Gasteiger partial charge on any atom is -0.471 e. The number of pyridine rings is 2. The maximum absolute atomic E-state index is 13.3. The lowest BCUT2D eigenvalue weighted by atomic mass is 10.1. The zero-order valence-corrected chi connectivity index (χ0v) is 19.8. The second-order valence-corrected chi connectivity index (χ2v) is 8.25. The normalized spacial score (nSPS) is 11.7. The molecule has 0 fully saturated rings. The monoisotopic (exact) mass is 560 g/mol. The molecule has 0 saturated carbocycles. The van der Waals surface area contributed by atoms with Crippen LogP contribution in [0, 0.1) is 0 Å². The third kappa shape index (κ3) is 6.17. The Bertz CT molecular complexity index is 1430. The highest BCUT2D eigenvalue weighted by Gasteiger charge is 2.33. The first-order valence-electron chi connectivity index (χ1n) is 10.3. The molecule has 4 rings (SSSR count). The Balaban J connectivity index is 1.64. The summed E-state index contributed by atoms with van der Waals surface area (Å²) in [6, 6.07) is 5.93. The van der Waals surface area contributed by atoms with E-state index in [0.717, 1.165) is 6.07 Å². The number of aromatic amines is 1. The Morgan fingerprint density at radius 2 is 1.81 bits per heavy atom. The third-order valence-electron chi connectivity index (χ3n) is 4.89. The molecule has 0 bridgehead atoms. The van der Waals surface area contributed by atoms with Crippen molar-refractivity contribution in [2.45, 2.75) is 19.1 Å². The number of hydrogen-bond donors (Lipinski definition) is 3. The lowest BCUT2D eigenvalue weighted by molar-refractivity contribution is -0.138. The van der Waals surface area contributed by atoms with Gasteiger partial charge in [-0.1, -0.05) is 41.4 Å². The van der Waals surface area contributed by atoms with Crippen molar-refractivity contribution in [3.05, 3.63) is 69.5 Å². The van der Waals surface area contributed by atoms with E-state index in [0.29, 0.717) is 0 Å². The van der Waals surface area contributed by atoms with Gasteiger partial charge in [-0.25, -0.2) is 8.78 Å². The molecule has 15 heteroatoms. The van der Waals surface area contributed by atoms with E-state index < -0.39 is 43.1 Å². The Morgan fingerprint density at radius 1 is 1.11 bits per heavy atom. The smallest absolute Gasteiger partial charge is 0.416 e. The Kier molecular flexibility index (Phi) is 7.64. The van der Waals surface area contributed by atoms with Crippen LogP contribution in [0.25, 0.3) is 11.2 Å². The lowest BCUT2D eigenvalue weighted by Crippen LogP contribution is -2.25. The number of alkyl halides is 5. The second kappa shape index (κ2) is 10.7. The van der Waals surface area contributed by atoms with Crippen LogP contribution in [0.4, 0.5) is 33.6 Å². The zero-order chi connectivity index (χ0) is 26.7. The summed E-state index contributed by atoms with van der Waals surface area (Å²) in [6.07, 6.45) is -4.83. The molecule has 0 atom stereocenters. The maximum atomic E-state index is 13.3. The Labute approximate surface area is 215 Å². The van der Waals surface area contributed by atoms with E-state index in [1.165, 1.54) is 36.7 Å². The quantitative estimate of drug-likeness (QED) is 0.228. The molecule has 194 valence electrons. The van der Waals surface area contributed by atoms with Crippen molar-refractivity contribution in [2.24, 2.45) is 0 Å².